The molecule has 0 aromatic rings. The van der Waals surface area contributed by atoms with Crippen molar-refractivity contribution >= 4 is 29.6 Å². The molecule has 5 nitrogen and oxygen atoms in total. The van der Waals surface area contributed by atoms with E-state index in [-0.39, 0.29) is 5.70 Å². The SMILES string of the molecule is O=[N+]([O-])C1=CN(Cl)C(Cl)N=C1. The summed E-state index contributed by atoms with van der Waals surface area (Å²) in [6, 6.07) is 0. The molecule has 7 heteroatoms. The fraction of sp³-hybridized carbons (Fsp3) is 0.250. The van der Waals surface area contributed by atoms with E-state index in [0.717, 1.165) is 16.8 Å². The van der Waals surface area contributed by atoms with Crippen molar-refractivity contribution in [3.05, 3.63) is 22.0 Å². The smallest absolute Gasteiger partial charge is 0.258 e. The average Bonchev–Trinajstić information content (AvgIpc) is 1.94. The van der Waals surface area contributed by atoms with Gasteiger partial charge in [-0.1, -0.05) is 11.6 Å². The maximum atomic E-state index is 10.1. The molecule has 0 bridgehead atoms. The van der Waals surface area contributed by atoms with E-state index in [4.69, 9.17) is 23.4 Å². The lowest BCUT2D eigenvalue weighted by Crippen LogP contribution is -2.21. The molecule has 0 aromatic carbocycles. The molecular formula is C4H3Cl2N3O2. The Morgan fingerprint density at radius 2 is 2.45 bits per heavy atom. The van der Waals surface area contributed by atoms with Crippen LogP contribution in [0, 0.1) is 10.1 Å². The summed E-state index contributed by atoms with van der Waals surface area (Å²) in [5, 5.41) is 10.1. The molecule has 0 aliphatic carbocycles. The zero-order valence-corrected chi connectivity index (χ0v) is 6.66. The second kappa shape index (κ2) is 3.06. The highest BCUT2D eigenvalue weighted by molar-refractivity contribution is 6.26. The number of allylic oxidation sites excluding steroid dienone is 1. The van der Waals surface area contributed by atoms with E-state index in [1.54, 1.807) is 0 Å². The number of aliphatic imine (C=N–C) groups is 1. The van der Waals surface area contributed by atoms with Gasteiger partial charge in [0.15, 0.2) is 0 Å². The molecule has 1 aliphatic rings. The highest BCUT2D eigenvalue weighted by atomic mass is 35.5. The van der Waals surface area contributed by atoms with Crippen molar-refractivity contribution < 1.29 is 4.92 Å². The van der Waals surface area contributed by atoms with Crippen LogP contribution in [0.4, 0.5) is 0 Å². The number of nitrogens with zero attached hydrogens (tertiary/aromatic N) is 3. The van der Waals surface area contributed by atoms with Gasteiger partial charge in [-0.3, -0.25) is 10.1 Å². The van der Waals surface area contributed by atoms with Gasteiger partial charge in [-0.25, -0.2) is 9.41 Å². The predicted molar refractivity (Wildman–Crippen MR) is 40.9 cm³/mol. The Hall–Kier alpha value is -0.810. The molecular weight excluding hydrogens is 193 g/mol. The van der Waals surface area contributed by atoms with Crippen LogP contribution in [0.3, 0.4) is 0 Å². The number of hydrogen-bond donors (Lipinski definition) is 0. The van der Waals surface area contributed by atoms with E-state index < -0.39 is 10.5 Å². The van der Waals surface area contributed by atoms with Gasteiger partial charge in [0.1, 0.15) is 6.21 Å². The monoisotopic (exact) mass is 195 g/mol. The Kier molecular flexibility index (Phi) is 2.31. The van der Waals surface area contributed by atoms with Crippen molar-refractivity contribution in [2.24, 2.45) is 4.99 Å². The van der Waals surface area contributed by atoms with Crippen molar-refractivity contribution in [2.75, 3.05) is 0 Å². The van der Waals surface area contributed by atoms with Gasteiger partial charge in [0.25, 0.3) is 0 Å². The van der Waals surface area contributed by atoms with Crippen LogP contribution < -0.4 is 0 Å². The molecule has 0 amide bonds. The Morgan fingerprint density at radius 1 is 1.82 bits per heavy atom. The van der Waals surface area contributed by atoms with Crippen LogP contribution in [0.2, 0.25) is 0 Å². The van der Waals surface area contributed by atoms with Crippen molar-refractivity contribution in [1.82, 2.24) is 4.42 Å². The van der Waals surface area contributed by atoms with Gasteiger partial charge in [-0.05, 0) is 0 Å². The summed E-state index contributed by atoms with van der Waals surface area (Å²) in [5.41, 5.74) is -0.947. The van der Waals surface area contributed by atoms with Crippen LogP contribution in [0.5, 0.6) is 0 Å². The van der Waals surface area contributed by atoms with Gasteiger partial charge in [-0.15, -0.1) is 0 Å². The van der Waals surface area contributed by atoms with Crippen molar-refractivity contribution in [3.8, 4) is 0 Å². The van der Waals surface area contributed by atoms with Gasteiger partial charge in [0.2, 0.25) is 5.62 Å². The lowest BCUT2D eigenvalue weighted by Gasteiger charge is -2.15. The van der Waals surface area contributed by atoms with Crippen LogP contribution in [-0.2, 0) is 0 Å². The molecule has 11 heavy (non-hydrogen) atoms. The van der Waals surface area contributed by atoms with Crippen LogP contribution in [-0.4, -0.2) is 21.2 Å². The highest BCUT2D eigenvalue weighted by Gasteiger charge is 2.19. The first kappa shape index (κ1) is 8.29. The summed E-state index contributed by atoms with van der Waals surface area (Å²) in [5.74, 6) is 0. The molecule has 1 unspecified atom stereocenters. The number of halogens is 2. The van der Waals surface area contributed by atoms with Crippen LogP contribution in [0.25, 0.3) is 0 Å². The minimum absolute atomic E-state index is 0.183. The van der Waals surface area contributed by atoms with Crippen LogP contribution in [0.15, 0.2) is 16.9 Å². The van der Waals surface area contributed by atoms with E-state index >= 15 is 0 Å². The minimum atomic E-state index is -0.764. The standard InChI is InChI=1S/C4H3Cl2N3O2/c5-4-7-1-3(9(10)11)2-8(4)6/h1-2,4H. The maximum absolute atomic E-state index is 10.1. The largest absolute Gasteiger partial charge is 0.304 e. The summed E-state index contributed by atoms with van der Waals surface area (Å²) >= 11 is 10.9. The lowest BCUT2D eigenvalue weighted by atomic mass is 10.5. The minimum Gasteiger partial charge on any atom is -0.258 e. The molecule has 0 N–H and O–H groups in total. The number of hydrogen-bond acceptors (Lipinski definition) is 4. The molecule has 0 radical (unpaired) electrons. The van der Waals surface area contributed by atoms with Gasteiger partial charge in [0.05, 0.1) is 11.1 Å². The first-order chi connectivity index (χ1) is 5.11. The highest BCUT2D eigenvalue weighted by Crippen LogP contribution is 2.15. The zero-order chi connectivity index (χ0) is 8.43. The van der Waals surface area contributed by atoms with Gasteiger partial charge >= 0.3 is 5.70 Å². The normalized spacial score (nSPS) is 23.3. The number of alkyl halides is 1. The first-order valence-corrected chi connectivity index (χ1v) is 3.36. The third kappa shape index (κ3) is 1.81. The fourth-order valence-electron chi connectivity index (χ4n) is 0.517. The molecule has 0 saturated carbocycles. The summed E-state index contributed by atoms with van der Waals surface area (Å²) in [7, 11) is 0. The molecule has 1 aliphatic heterocycles. The maximum Gasteiger partial charge on any atom is 0.304 e. The van der Waals surface area contributed by atoms with Gasteiger partial charge in [-0.2, -0.15) is 0 Å². The Balaban J connectivity index is 2.80. The van der Waals surface area contributed by atoms with Crippen molar-refractivity contribution in [2.45, 2.75) is 5.62 Å². The zero-order valence-electron chi connectivity index (χ0n) is 5.15. The van der Waals surface area contributed by atoms with E-state index in [0.29, 0.717) is 0 Å². The molecule has 60 valence electrons. The van der Waals surface area contributed by atoms with Crippen LogP contribution >= 0.6 is 23.4 Å². The van der Waals surface area contributed by atoms with E-state index in [2.05, 4.69) is 4.99 Å². The van der Waals surface area contributed by atoms with Crippen LogP contribution in [0.1, 0.15) is 0 Å². The van der Waals surface area contributed by atoms with E-state index in [1.807, 2.05) is 0 Å². The first-order valence-electron chi connectivity index (χ1n) is 2.59. The predicted octanol–water partition coefficient (Wildman–Crippen LogP) is 1.17. The molecule has 1 heterocycles. The Labute approximate surface area is 72.2 Å². The molecule has 1 atom stereocenters. The number of rotatable bonds is 1. The molecule has 0 fully saturated rings. The topological polar surface area (TPSA) is 58.7 Å². The van der Waals surface area contributed by atoms with Gasteiger partial charge in [0, 0.05) is 11.8 Å². The number of nitro groups is 1. The van der Waals surface area contributed by atoms with Gasteiger partial charge < -0.3 is 0 Å². The molecule has 0 spiro atoms. The summed E-state index contributed by atoms with van der Waals surface area (Å²) in [6.07, 6.45) is 2.17. The van der Waals surface area contributed by atoms with E-state index in [1.165, 1.54) is 0 Å². The van der Waals surface area contributed by atoms with Crippen molar-refractivity contribution in [3.63, 3.8) is 0 Å². The van der Waals surface area contributed by atoms with E-state index in [9.17, 15) is 10.1 Å². The quantitative estimate of drug-likeness (QED) is 0.208. The molecule has 0 aromatic heterocycles. The molecule has 1 rings (SSSR count). The second-order valence-electron chi connectivity index (χ2n) is 1.74. The lowest BCUT2D eigenvalue weighted by molar-refractivity contribution is -0.415. The second-order valence-corrected chi connectivity index (χ2v) is 2.52. The summed E-state index contributed by atoms with van der Waals surface area (Å²) in [6.45, 7) is 0. The van der Waals surface area contributed by atoms with Crippen molar-refractivity contribution in [1.29, 1.82) is 0 Å². The third-order valence-electron chi connectivity index (χ3n) is 1.000. The summed E-state index contributed by atoms with van der Waals surface area (Å²) < 4.78 is 0.930. The Bertz CT molecular complexity index is 239. The Morgan fingerprint density at radius 3 is 2.91 bits per heavy atom. The third-order valence-corrected chi connectivity index (χ3v) is 1.71. The fourth-order valence-corrected chi connectivity index (χ4v) is 0.780. The average molecular weight is 196 g/mol. The summed E-state index contributed by atoms with van der Waals surface area (Å²) in [4.78, 5) is 13.1. The molecule has 0 saturated heterocycles.